The molecule has 27 heavy (non-hydrogen) atoms. The number of benzene rings is 2. The molecular formula is C17H16Cl2N2O5S. The number of halogens is 2. The van der Waals surface area contributed by atoms with Gasteiger partial charge in [0.25, 0.3) is 10.0 Å². The summed E-state index contributed by atoms with van der Waals surface area (Å²) < 4.78 is 41.2. The van der Waals surface area contributed by atoms with Crippen LogP contribution in [0.1, 0.15) is 0 Å². The van der Waals surface area contributed by atoms with Crippen LogP contribution >= 0.6 is 23.2 Å². The van der Waals surface area contributed by atoms with E-state index >= 15 is 0 Å². The molecule has 0 N–H and O–H groups in total. The third-order valence-corrected chi connectivity index (χ3v) is 5.13. The quantitative estimate of drug-likeness (QED) is 0.532. The lowest BCUT2D eigenvalue weighted by atomic mass is 10.2. The van der Waals surface area contributed by atoms with Crippen LogP contribution in [0.5, 0.6) is 17.4 Å². The topological polar surface area (TPSA) is 79.7 Å². The summed E-state index contributed by atoms with van der Waals surface area (Å²) in [4.78, 5) is 0. The van der Waals surface area contributed by atoms with Gasteiger partial charge in [-0.15, -0.1) is 5.10 Å². The number of rotatable bonds is 7. The predicted octanol–water partition coefficient (Wildman–Crippen LogP) is 3.62. The summed E-state index contributed by atoms with van der Waals surface area (Å²) in [5.74, 6) is 1.07. The summed E-state index contributed by atoms with van der Waals surface area (Å²) in [5.41, 5.74) is 0.392. The predicted molar refractivity (Wildman–Crippen MR) is 104 cm³/mol. The van der Waals surface area contributed by atoms with Crippen molar-refractivity contribution in [2.45, 2.75) is 0 Å². The van der Waals surface area contributed by atoms with Gasteiger partial charge < -0.3 is 14.2 Å². The van der Waals surface area contributed by atoms with Crippen molar-refractivity contribution < 1.29 is 22.6 Å². The zero-order chi connectivity index (χ0) is 19.6. The van der Waals surface area contributed by atoms with Gasteiger partial charge in [-0.25, -0.2) is 8.42 Å². The first-order valence-corrected chi connectivity index (χ1v) is 10.4. The van der Waals surface area contributed by atoms with E-state index in [1.54, 1.807) is 36.4 Å². The number of aromatic nitrogens is 2. The second-order valence-electron chi connectivity index (χ2n) is 5.54. The van der Waals surface area contributed by atoms with Crippen molar-refractivity contribution in [3.8, 4) is 17.4 Å². The van der Waals surface area contributed by atoms with Gasteiger partial charge in [0.1, 0.15) is 19.0 Å². The Morgan fingerprint density at radius 3 is 2.37 bits per heavy atom. The zero-order valence-corrected chi connectivity index (χ0v) is 16.8. The average molecular weight is 431 g/mol. The molecule has 3 rings (SSSR count). The molecule has 1 heterocycles. The number of hydrogen-bond donors (Lipinski definition) is 0. The van der Waals surface area contributed by atoms with Gasteiger partial charge in [0.05, 0.1) is 34.3 Å². The van der Waals surface area contributed by atoms with Crippen molar-refractivity contribution >= 4 is 44.1 Å². The van der Waals surface area contributed by atoms with Crippen molar-refractivity contribution in [2.75, 3.05) is 26.6 Å². The minimum absolute atomic E-state index is 0.106. The van der Waals surface area contributed by atoms with E-state index in [9.17, 15) is 8.42 Å². The van der Waals surface area contributed by atoms with Crippen LogP contribution in [-0.2, 0) is 10.0 Å². The van der Waals surface area contributed by atoms with Crippen LogP contribution in [0.2, 0.25) is 10.0 Å². The highest BCUT2D eigenvalue weighted by Gasteiger charge is 2.18. The number of fused-ring (bicyclic) bond motifs is 1. The highest BCUT2D eigenvalue weighted by Crippen LogP contribution is 2.32. The van der Waals surface area contributed by atoms with Crippen molar-refractivity contribution in [2.24, 2.45) is 0 Å². The molecule has 0 radical (unpaired) electrons. The van der Waals surface area contributed by atoms with Gasteiger partial charge in [0, 0.05) is 0 Å². The molecule has 0 aliphatic heterocycles. The monoisotopic (exact) mass is 430 g/mol. The van der Waals surface area contributed by atoms with E-state index in [-0.39, 0.29) is 19.1 Å². The fraction of sp³-hybridized carbons (Fsp3) is 0.235. The molecule has 0 spiro atoms. The third-order valence-electron chi connectivity index (χ3n) is 3.62. The molecule has 0 unspecified atom stereocenters. The Balaban J connectivity index is 1.80. The molecule has 0 saturated heterocycles. The lowest BCUT2D eigenvalue weighted by Gasteiger charge is -2.10. The van der Waals surface area contributed by atoms with Crippen LogP contribution in [0.15, 0.2) is 36.4 Å². The smallest absolute Gasteiger partial charge is 0.251 e. The van der Waals surface area contributed by atoms with Gasteiger partial charge >= 0.3 is 0 Å². The molecule has 10 heteroatoms. The Labute approximate surface area is 166 Å². The van der Waals surface area contributed by atoms with E-state index in [1.807, 2.05) is 0 Å². The molecule has 7 nitrogen and oxygen atoms in total. The molecule has 144 valence electrons. The number of para-hydroxylation sites is 1. The van der Waals surface area contributed by atoms with Crippen LogP contribution in [0.3, 0.4) is 0 Å². The van der Waals surface area contributed by atoms with Gasteiger partial charge in [-0.2, -0.15) is 4.09 Å². The van der Waals surface area contributed by atoms with Gasteiger partial charge in [-0.1, -0.05) is 29.3 Å². The van der Waals surface area contributed by atoms with Crippen LogP contribution in [0, 0.1) is 0 Å². The van der Waals surface area contributed by atoms with Gasteiger partial charge in [0.15, 0.2) is 5.75 Å². The van der Waals surface area contributed by atoms with Gasteiger partial charge in [-0.3, -0.25) is 0 Å². The molecule has 0 fully saturated rings. The second kappa shape index (κ2) is 7.84. The first kappa shape index (κ1) is 19.6. The minimum Gasteiger partial charge on any atom is -0.497 e. The van der Waals surface area contributed by atoms with E-state index in [0.717, 1.165) is 10.3 Å². The summed E-state index contributed by atoms with van der Waals surface area (Å²) in [6.07, 6.45) is 1.07. The van der Waals surface area contributed by atoms with E-state index < -0.39 is 10.0 Å². The number of nitrogens with zero attached hydrogens (tertiary/aromatic N) is 2. The summed E-state index contributed by atoms with van der Waals surface area (Å²) >= 11 is 12.1. The Hall–Kier alpha value is -2.16. The van der Waals surface area contributed by atoms with Gasteiger partial charge in [-0.05, 0) is 30.3 Å². The molecule has 0 amide bonds. The molecule has 0 bridgehead atoms. The van der Waals surface area contributed by atoms with Crippen LogP contribution in [0.25, 0.3) is 10.9 Å². The zero-order valence-electron chi connectivity index (χ0n) is 14.5. The molecule has 0 atom stereocenters. The van der Waals surface area contributed by atoms with Crippen molar-refractivity contribution in [3.05, 3.63) is 46.4 Å². The van der Waals surface area contributed by atoms with Crippen LogP contribution in [-0.4, -0.2) is 44.2 Å². The number of ether oxygens (including phenoxy) is 3. The Morgan fingerprint density at radius 2 is 1.74 bits per heavy atom. The highest BCUT2D eigenvalue weighted by atomic mass is 35.5. The summed E-state index contributed by atoms with van der Waals surface area (Å²) in [5, 5.41) is 5.34. The normalized spacial score (nSPS) is 11.6. The Bertz CT molecular complexity index is 1060. The standard InChI is InChI=1S/C17H16Cl2N2O5S/c1-24-11-6-7-15-12(10-11)17(20-21(15)27(2,22)23)26-9-8-25-16-13(18)4-3-5-14(16)19/h3-7,10H,8-9H2,1-2H3. The van der Waals surface area contributed by atoms with E-state index in [0.29, 0.717) is 32.4 Å². The lowest BCUT2D eigenvalue weighted by Crippen LogP contribution is -2.13. The minimum atomic E-state index is -3.59. The molecule has 0 aliphatic rings. The van der Waals surface area contributed by atoms with Crippen molar-refractivity contribution in [3.63, 3.8) is 0 Å². The van der Waals surface area contributed by atoms with E-state index in [2.05, 4.69) is 5.10 Å². The maximum Gasteiger partial charge on any atom is 0.251 e. The maximum atomic E-state index is 12.0. The lowest BCUT2D eigenvalue weighted by molar-refractivity contribution is 0.213. The fourth-order valence-electron chi connectivity index (χ4n) is 2.43. The van der Waals surface area contributed by atoms with E-state index in [1.165, 1.54) is 7.11 Å². The average Bonchev–Trinajstić information content (AvgIpc) is 2.99. The number of hydrogen-bond acceptors (Lipinski definition) is 6. The third kappa shape index (κ3) is 4.23. The largest absolute Gasteiger partial charge is 0.497 e. The molecule has 1 aromatic heterocycles. The molecule has 3 aromatic rings. The first-order chi connectivity index (χ1) is 12.8. The SMILES string of the molecule is COc1ccc2c(c1)c(OCCOc1c(Cl)cccc1Cl)nn2S(C)(=O)=O. The molecule has 0 saturated carbocycles. The Morgan fingerprint density at radius 1 is 1.07 bits per heavy atom. The summed E-state index contributed by atoms with van der Waals surface area (Å²) in [7, 11) is -2.08. The maximum absolute atomic E-state index is 12.0. The second-order valence-corrected chi connectivity index (χ2v) is 8.17. The fourth-order valence-corrected chi connectivity index (χ4v) is 3.68. The van der Waals surface area contributed by atoms with Gasteiger partial charge in [0.2, 0.25) is 5.88 Å². The van der Waals surface area contributed by atoms with Crippen LogP contribution in [0.4, 0.5) is 0 Å². The summed E-state index contributed by atoms with van der Waals surface area (Å²) in [6, 6.07) is 9.96. The molecular weight excluding hydrogens is 415 g/mol. The van der Waals surface area contributed by atoms with Crippen molar-refractivity contribution in [1.29, 1.82) is 0 Å². The molecule has 0 aliphatic carbocycles. The van der Waals surface area contributed by atoms with Crippen molar-refractivity contribution in [1.82, 2.24) is 9.19 Å². The highest BCUT2D eigenvalue weighted by molar-refractivity contribution is 7.89. The first-order valence-electron chi connectivity index (χ1n) is 7.78. The number of methoxy groups -OCH3 is 1. The summed E-state index contributed by atoms with van der Waals surface area (Å²) in [6.45, 7) is 0.245. The van der Waals surface area contributed by atoms with E-state index in [4.69, 9.17) is 37.4 Å². The Kier molecular flexibility index (Phi) is 5.69. The van der Waals surface area contributed by atoms with Crippen LogP contribution < -0.4 is 14.2 Å². The molecule has 2 aromatic carbocycles.